The van der Waals surface area contributed by atoms with E-state index >= 15 is 0 Å². The Labute approximate surface area is 114 Å². The molecule has 0 aliphatic heterocycles. The van der Waals surface area contributed by atoms with Gasteiger partial charge in [-0.2, -0.15) is 5.10 Å². The van der Waals surface area contributed by atoms with Crippen molar-refractivity contribution < 1.29 is 0 Å². The lowest BCUT2D eigenvalue weighted by Crippen LogP contribution is -2.30. The van der Waals surface area contributed by atoms with Crippen LogP contribution in [0.15, 0.2) is 42.7 Å². The van der Waals surface area contributed by atoms with Gasteiger partial charge in [-0.1, -0.05) is 24.3 Å². The number of nitrogens with zero attached hydrogens (tertiary/aromatic N) is 3. The number of rotatable bonds is 4. The van der Waals surface area contributed by atoms with Gasteiger partial charge in [0.25, 0.3) is 0 Å². The number of aryl methyl sites for hydroxylation is 1. The van der Waals surface area contributed by atoms with E-state index in [0.29, 0.717) is 6.04 Å². The topological polar surface area (TPSA) is 21.1 Å². The largest absolute Gasteiger partial charge is 0.298 e. The maximum Gasteiger partial charge on any atom is 0.0536 e. The third-order valence-electron chi connectivity index (χ3n) is 4.11. The van der Waals surface area contributed by atoms with Crippen molar-refractivity contribution in [3.63, 3.8) is 0 Å². The van der Waals surface area contributed by atoms with E-state index in [9.17, 15) is 0 Å². The second-order valence-corrected chi connectivity index (χ2v) is 5.36. The maximum absolute atomic E-state index is 4.27. The van der Waals surface area contributed by atoms with Crippen LogP contribution < -0.4 is 0 Å². The van der Waals surface area contributed by atoms with Gasteiger partial charge in [-0.25, -0.2) is 0 Å². The molecule has 0 fully saturated rings. The first kappa shape index (κ1) is 12.4. The highest BCUT2D eigenvalue weighted by molar-refractivity contribution is 5.32. The highest BCUT2D eigenvalue weighted by Gasteiger charge is 2.22. The maximum atomic E-state index is 4.27. The lowest BCUT2D eigenvalue weighted by molar-refractivity contribution is 0.211. The number of aromatic nitrogens is 2. The van der Waals surface area contributed by atoms with Gasteiger partial charge in [-0.3, -0.25) is 9.58 Å². The highest BCUT2D eigenvalue weighted by atomic mass is 15.3. The molecule has 1 aromatic carbocycles. The second kappa shape index (κ2) is 5.57. The summed E-state index contributed by atoms with van der Waals surface area (Å²) in [6.07, 6.45) is 7.68. The Bertz CT molecular complexity index is 519. The lowest BCUT2D eigenvalue weighted by atomic mass is 9.87. The summed E-state index contributed by atoms with van der Waals surface area (Å²) in [5.74, 6) is 0. The Hall–Kier alpha value is -1.61. The molecule has 0 unspecified atom stereocenters. The first-order chi connectivity index (χ1) is 9.34. The zero-order valence-electron chi connectivity index (χ0n) is 11.5. The van der Waals surface area contributed by atoms with Crippen LogP contribution in [-0.2, 0) is 13.0 Å². The van der Waals surface area contributed by atoms with E-state index in [-0.39, 0.29) is 0 Å². The Kier molecular flexibility index (Phi) is 3.65. The fraction of sp³-hybridized carbons (Fsp3) is 0.438. The van der Waals surface area contributed by atoms with Gasteiger partial charge >= 0.3 is 0 Å². The molecule has 0 N–H and O–H groups in total. The molecule has 100 valence electrons. The standard InChI is InChI=1S/C16H21N3/c1-18(12-13-19-11-5-10-17-19)16-9-4-7-14-6-2-3-8-15(14)16/h2-3,5-6,8,10-11,16H,4,7,9,12-13H2,1H3/t16-/m1/s1. The van der Waals surface area contributed by atoms with E-state index in [1.807, 2.05) is 23.1 Å². The number of benzene rings is 1. The van der Waals surface area contributed by atoms with Crippen molar-refractivity contribution in [2.45, 2.75) is 31.8 Å². The molecule has 3 rings (SSSR count). The summed E-state index contributed by atoms with van der Waals surface area (Å²) in [6, 6.07) is 11.5. The Morgan fingerprint density at radius 1 is 1.32 bits per heavy atom. The smallest absolute Gasteiger partial charge is 0.0536 e. The summed E-state index contributed by atoms with van der Waals surface area (Å²) in [7, 11) is 2.23. The molecular weight excluding hydrogens is 234 g/mol. The molecule has 3 heteroatoms. The van der Waals surface area contributed by atoms with E-state index in [1.165, 1.54) is 30.4 Å². The third-order valence-corrected chi connectivity index (χ3v) is 4.11. The number of likely N-dealkylation sites (N-methyl/N-ethyl adjacent to an activating group) is 1. The van der Waals surface area contributed by atoms with Crippen LogP contribution in [0.1, 0.15) is 30.0 Å². The quantitative estimate of drug-likeness (QED) is 0.837. The van der Waals surface area contributed by atoms with Crippen LogP contribution in [0, 0.1) is 0 Å². The Balaban J connectivity index is 1.69. The average Bonchev–Trinajstić information content (AvgIpc) is 2.97. The van der Waals surface area contributed by atoms with Crippen molar-refractivity contribution in [2.24, 2.45) is 0 Å². The number of hydrogen-bond donors (Lipinski definition) is 0. The monoisotopic (exact) mass is 255 g/mol. The minimum absolute atomic E-state index is 0.570. The fourth-order valence-electron chi connectivity index (χ4n) is 3.03. The Morgan fingerprint density at radius 3 is 3.05 bits per heavy atom. The summed E-state index contributed by atoms with van der Waals surface area (Å²) in [4.78, 5) is 2.47. The van der Waals surface area contributed by atoms with Gasteiger partial charge in [0.05, 0.1) is 6.54 Å². The summed E-state index contributed by atoms with van der Waals surface area (Å²) in [6.45, 7) is 2.00. The van der Waals surface area contributed by atoms with Crippen LogP contribution in [0.2, 0.25) is 0 Å². The Morgan fingerprint density at radius 2 is 2.21 bits per heavy atom. The first-order valence-electron chi connectivity index (χ1n) is 7.10. The van der Waals surface area contributed by atoms with Crippen LogP contribution >= 0.6 is 0 Å². The first-order valence-corrected chi connectivity index (χ1v) is 7.10. The molecular formula is C16H21N3. The van der Waals surface area contributed by atoms with Gasteiger partial charge in [0.2, 0.25) is 0 Å². The molecule has 1 heterocycles. The average molecular weight is 255 g/mol. The van der Waals surface area contributed by atoms with E-state index in [0.717, 1.165) is 13.1 Å². The molecule has 0 spiro atoms. The summed E-state index contributed by atoms with van der Waals surface area (Å²) in [5, 5.41) is 4.27. The van der Waals surface area contributed by atoms with Crippen LogP contribution in [0.4, 0.5) is 0 Å². The molecule has 0 radical (unpaired) electrons. The summed E-state index contributed by atoms with van der Waals surface area (Å²) in [5.41, 5.74) is 3.06. The van der Waals surface area contributed by atoms with Crippen molar-refractivity contribution in [3.8, 4) is 0 Å². The fourth-order valence-corrected chi connectivity index (χ4v) is 3.03. The van der Waals surface area contributed by atoms with Gasteiger partial charge in [-0.15, -0.1) is 0 Å². The summed E-state index contributed by atoms with van der Waals surface area (Å²) < 4.78 is 2.01. The van der Waals surface area contributed by atoms with Gasteiger partial charge < -0.3 is 0 Å². The van der Waals surface area contributed by atoms with Crippen molar-refractivity contribution >= 4 is 0 Å². The molecule has 1 aromatic heterocycles. The van der Waals surface area contributed by atoms with Crippen molar-refractivity contribution in [1.29, 1.82) is 0 Å². The summed E-state index contributed by atoms with van der Waals surface area (Å²) >= 11 is 0. The molecule has 1 atom stereocenters. The molecule has 0 bridgehead atoms. The van der Waals surface area contributed by atoms with Crippen LogP contribution in [0.5, 0.6) is 0 Å². The molecule has 0 amide bonds. The predicted octanol–water partition coefficient (Wildman–Crippen LogP) is 2.89. The van der Waals surface area contributed by atoms with Crippen LogP contribution in [0.25, 0.3) is 0 Å². The highest BCUT2D eigenvalue weighted by Crippen LogP contribution is 2.33. The third kappa shape index (κ3) is 2.71. The molecule has 1 aliphatic rings. The van der Waals surface area contributed by atoms with Crippen molar-refractivity contribution in [1.82, 2.24) is 14.7 Å². The van der Waals surface area contributed by atoms with Gasteiger partial charge in [0, 0.05) is 25.0 Å². The SMILES string of the molecule is CN(CCn1cccn1)[C@@H]1CCCc2ccccc21. The van der Waals surface area contributed by atoms with E-state index in [2.05, 4.69) is 41.3 Å². The van der Waals surface area contributed by atoms with E-state index < -0.39 is 0 Å². The molecule has 1 aliphatic carbocycles. The molecule has 19 heavy (non-hydrogen) atoms. The predicted molar refractivity (Wildman–Crippen MR) is 77.0 cm³/mol. The molecule has 2 aromatic rings. The lowest BCUT2D eigenvalue weighted by Gasteiger charge is -2.33. The zero-order valence-corrected chi connectivity index (χ0v) is 11.5. The van der Waals surface area contributed by atoms with E-state index in [4.69, 9.17) is 0 Å². The van der Waals surface area contributed by atoms with E-state index in [1.54, 1.807) is 0 Å². The van der Waals surface area contributed by atoms with Gasteiger partial charge in [-0.05, 0) is 43.5 Å². The minimum atomic E-state index is 0.570. The van der Waals surface area contributed by atoms with Gasteiger partial charge in [0.1, 0.15) is 0 Å². The zero-order chi connectivity index (χ0) is 13.1. The van der Waals surface area contributed by atoms with Crippen LogP contribution in [-0.4, -0.2) is 28.3 Å². The van der Waals surface area contributed by atoms with Crippen LogP contribution in [0.3, 0.4) is 0 Å². The number of hydrogen-bond acceptors (Lipinski definition) is 2. The normalized spacial score (nSPS) is 18.5. The van der Waals surface area contributed by atoms with Crippen molar-refractivity contribution in [2.75, 3.05) is 13.6 Å². The minimum Gasteiger partial charge on any atom is -0.298 e. The van der Waals surface area contributed by atoms with Gasteiger partial charge in [0.15, 0.2) is 0 Å². The second-order valence-electron chi connectivity index (χ2n) is 5.36. The number of fused-ring (bicyclic) bond motifs is 1. The molecule has 3 nitrogen and oxygen atoms in total. The molecule has 0 saturated carbocycles. The van der Waals surface area contributed by atoms with Crippen molar-refractivity contribution in [3.05, 3.63) is 53.9 Å². The molecule has 0 saturated heterocycles.